The van der Waals surface area contributed by atoms with Gasteiger partial charge in [0.25, 0.3) is 0 Å². The molecular formula is C20H22N4O5S2. The number of hydrogen-bond acceptors (Lipinski definition) is 7. The van der Waals surface area contributed by atoms with Crippen LogP contribution in [-0.2, 0) is 19.6 Å². The quantitative estimate of drug-likeness (QED) is 0.440. The summed E-state index contributed by atoms with van der Waals surface area (Å²) < 4.78 is 30.8. The number of nitrogens with zero attached hydrogens (tertiary/aromatic N) is 1. The van der Waals surface area contributed by atoms with Gasteiger partial charge in [0.15, 0.2) is 5.13 Å². The Morgan fingerprint density at radius 1 is 1.16 bits per heavy atom. The van der Waals surface area contributed by atoms with Crippen LogP contribution in [0.3, 0.4) is 0 Å². The van der Waals surface area contributed by atoms with Crippen LogP contribution in [0, 0.1) is 0 Å². The number of benzene rings is 2. The van der Waals surface area contributed by atoms with Crippen molar-refractivity contribution in [2.24, 2.45) is 0 Å². The van der Waals surface area contributed by atoms with E-state index < -0.39 is 28.1 Å². The van der Waals surface area contributed by atoms with E-state index in [4.69, 9.17) is 4.74 Å². The van der Waals surface area contributed by atoms with Crippen molar-refractivity contribution in [2.75, 3.05) is 22.9 Å². The molecule has 9 nitrogen and oxygen atoms in total. The van der Waals surface area contributed by atoms with E-state index in [1.54, 1.807) is 25.1 Å². The van der Waals surface area contributed by atoms with Gasteiger partial charge in [0.05, 0.1) is 35.5 Å². The number of carbonyl (C=O) groups excluding carboxylic acids is 2. The molecule has 1 heterocycles. The lowest BCUT2D eigenvalue weighted by Gasteiger charge is -2.19. The van der Waals surface area contributed by atoms with E-state index in [2.05, 4.69) is 20.3 Å². The van der Waals surface area contributed by atoms with Gasteiger partial charge in [-0.2, -0.15) is 0 Å². The molecule has 0 spiro atoms. The number of amides is 2. The van der Waals surface area contributed by atoms with E-state index in [1.807, 2.05) is 30.3 Å². The molecule has 1 atom stereocenters. The predicted octanol–water partition coefficient (Wildman–Crippen LogP) is 3.48. The Kier molecular flexibility index (Phi) is 7.08. The molecular weight excluding hydrogens is 440 g/mol. The molecule has 1 aromatic heterocycles. The average molecular weight is 463 g/mol. The first-order valence-corrected chi connectivity index (χ1v) is 12.1. The van der Waals surface area contributed by atoms with Crippen LogP contribution in [0.25, 0.3) is 10.2 Å². The molecule has 3 N–H and O–H groups in total. The number of aromatic nitrogens is 1. The SMILES string of the molecule is CCOC(=O)CC(NC(=O)Nc1ccc2nc(NS(C)(=O)=O)sc2c1)c1ccccc1. The summed E-state index contributed by atoms with van der Waals surface area (Å²) in [4.78, 5) is 28.8. The zero-order valence-corrected chi connectivity index (χ0v) is 18.5. The second-order valence-electron chi connectivity index (χ2n) is 6.65. The summed E-state index contributed by atoms with van der Waals surface area (Å²) in [7, 11) is -3.43. The fraction of sp³-hybridized carbons (Fsp3) is 0.250. The largest absolute Gasteiger partial charge is 0.466 e. The van der Waals surface area contributed by atoms with Crippen molar-refractivity contribution >= 4 is 54.4 Å². The highest BCUT2D eigenvalue weighted by Gasteiger charge is 2.19. The number of fused-ring (bicyclic) bond motifs is 1. The smallest absolute Gasteiger partial charge is 0.319 e. The van der Waals surface area contributed by atoms with Gasteiger partial charge in [-0.25, -0.2) is 18.2 Å². The summed E-state index contributed by atoms with van der Waals surface area (Å²) in [6.07, 6.45) is 1.05. The van der Waals surface area contributed by atoms with E-state index in [0.29, 0.717) is 15.9 Å². The summed E-state index contributed by atoms with van der Waals surface area (Å²) in [6, 6.07) is 13.1. The van der Waals surface area contributed by atoms with Gasteiger partial charge in [-0.05, 0) is 30.7 Å². The number of nitrogens with one attached hydrogen (secondary N) is 3. The second-order valence-corrected chi connectivity index (χ2v) is 9.43. The van der Waals surface area contributed by atoms with Gasteiger partial charge in [-0.1, -0.05) is 41.7 Å². The number of esters is 1. The van der Waals surface area contributed by atoms with Crippen LogP contribution in [0.2, 0.25) is 0 Å². The van der Waals surface area contributed by atoms with Crippen molar-refractivity contribution in [3.8, 4) is 0 Å². The molecule has 0 fully saturated rings. The van der Waals surface area contributed by atoms with Crippen molar-refractivity contribution in [1.82, 2.24) is 10.3 Å². The minimum Gasteiger partial charge on any atom is -0.466 e. The van der Waals surface area contributed by atoms with E-state index in [0.717, 1.165) is 23.2 Å². The average Bonchev–Trinajstić information content (AvgIpc) is 3.08. The molecule has 0 saturated heterocycles. The van der Waals surface area contributed by atoms with E-state index in [1.165, 1.54) is 0 Å². The molecule has 2 amide bonds. The van der Waals surface area contributed by atoms with Crippen molar-refractivity contribution in [3.05, 3.63) is 54.1 Å². The fourth-order valence-electron chi connectivity index (χ4n) is 2.85. The molecule has 0 aliphatic carbocycles. The molecule has 2 aromatic carbocycles. The summed E-state index contributed by atoms with van der Waals surface area (Å²) in [6.45, 7) is 1.99. The van der Waals surface area contributed by atoms with E-state index in [9.17, 15) is 18.0 Å². The second kappa shape index (κ2) is 9.75. The summed E-state index contributed by atoms with van der Waals surface area (Å²) in [5.74, 6) is -0.409. The van der Waals surface area contributed by atoms with Gasteiger partial charge in [0.2, 0.25) is 10.0 Å². The number of rotatable bonds is 8. The van der Waals surface area contributed by atoms with Crippen LogP contribution in [0.1, 0.15) is 24.9 Å². The third-order valence-corrected chi connectivity index (χ3v) is 5.73. The Bertz CT molecular complexity index is 1180. The van der Waals surface area contributed by atoms with E-state index in [-0.39, 0.29) is 18.2 Å². The Morgan fingerprint density at radius 3 is 2.58 bits per heavy atom. The number of anilines is 2. The van der Waals surface area contributed by atoms with Gasteiger partial charge in [0.1, 0.15) is 0 Å². The zero-order chi connectivity index (χ0) is 22.4. The standard InChI is InChI=1S/C20H22N4O5S2/c1-3-29-18(25)12-16(13-7-5-4-6-8-13)22-19(26)21-14-9-10-15-17(11-14)30-20(23-15)24-31(2,27)28/h4-11,16H,3,12H2,1-2H3,(H,23,24)(H2,21,22,26). The molecule has 0 bridgehead atoms. The topological polar surface area (TPSA) is 126 Å². The van der Waals surface area contributed by atoms with Crippen molar-refractivity contribution < 1.29 is 22.7 Å². The fourth-order valence-corrected chi connectivity index (χ4v) is 4.59. The molecule has 0 aliphatic rings. The van der Waals surface area contributed by atoms with Gasteiger partial charge >= 0.3 is 12.0 Å². The van der Waals surface area contributed by atoms with Gasteiger partial charge in [0, 0.05) is 5.69 Å². The van der Waals surface area contributed by atoms with Crippen LogP contribution in [0.4, 0.5) is 15.6 Å². The third kappa shape index (κ3) is 6.66. The molecule has 3 aromatic rings. The normalized spacial score (nSPS) is 12.2. The molecule has 31 heavy (non-hydrogen) atoms. The first kappa shape index (κ1) is 22.5. The molecule has 0 radical (unpaired) electrons. The van der Waals surface area contributed by atoms with Gasteiger partial charge in [-0.3, -0.25) is 9.52 Å². The minimum atomic E-state index is -3.43. The van der Waals surface area contributed by atoms with Crippen LogP contribution in [0.5, 0.6) is 0 Å². The Hall–Kier alpha value is -3.18. The maximum atomic E-state index is 12.6. The predicted molar refractivity (Wildman–Crippen MR) is 121 cm³/mol. The monoisotopic (exact) mass is 462 g/mol. The molecule has 11 heteroatoms. The highest BCUT2D eigenvalue weighted by molar-refractivity contribution is 7.92. The Labute approximate surface area is 183 Å². The minimum absolute atomic E-state index is 0.000323. The molecule has 3 rings (SSSR count). The van der Waals surface area contributed by atoms with E-state index >= 15 is 0 Å². The first-order chi connectivity index (χ1) is 14.7. The summed E-state index contributed by atoms with van der Waals surface area (Å²) in [5.41, 5.74) is 1.88. The number of carbonyl (C=O) groups is 2. The lowest BCUT2D eigenvalue weighted by Crippen LogP contribution is -2.34. The molecule has 0 aliphatic heterocycles. The van der Waals surface area contributed by atoms with Gasteiger partial charge < -0.3 is 15.4 Å². The Balaban J connectivity index is 1.72. The Morgan fingerprint density at radius 2 is 1.90 bits per heavy atom. The van der Waals surface area contributed by atoms with Crippen molar-refractivity contribution in [1.29, 1.82) is 0 Å². The number of sulfonamides is 1. The number of ether oxygens (including phenoxy) is 1. The van der Waals surface area contributed by atoms with Crippen LogP contribution >= 0.6 is 11.3 Å². The number of hydrogen-bond donors (Lipinski definition) is 3. The highest BCUT2D eigenvalue weighted by Crippen LogP contribution is 2.29. The lowest BCUT2D eigenvalue weighted by atomic mass is 10.0. The third-order valence-electron chi connectivity index (χ3n) is 4.10. The van der Waals surface area contributed by atoms with Crippen molar-refractivity contribution in [2.45, 2.75) is 19.4 Å². The zero-order valence-electron chi connectivity index (χ0n) is 16.9. The highest BCUT2D eigenvalue weighted by atomic mass is 32.2. The summed E-state index contributed by atoms with van der Waals surface area (Å²) in [5, 5.41) is 5.78. The van der Waals surface area contributed by atoms with Crippen LogP contribution < -0.4 is 15.4 Å². The number of urea groups is 1. The molecule has 0 saturated carbocycles. The van der Waals surface area contributed by atoms with Crippen LogP contribution in [-0.4, -0.2) is 38.3 Å². The first-order valence-electron chi connectivity index (χ1n) is 9.40. The van der Waals surface area contributed by atoms with Crippen LogP contribution in [0.15, 0.2) is 48.5 Å². The lowest BCUT2D eigenvalue weighted by molar-refractivity contribution is -0.143. The maximum Gasteiger partial charge on any atom is 0.319 e. The van der Waals surface area contributed by atoms with Crippen molar-refractivity contribution in [3.63, 3.8) is 0 Å². The molecule has 1 unspecified atom stereocenters. The number of thiazole rings is 1. The molecule has 164 valence electrons. The van der Waals surface area contributed by atoms with Gasteiger partial charge in [-0.15, -0.1) is 0 Å². The maximum absolute atomic E-state index is 12.6. The summed E-state index contributed by atoms with van der Waals surface area (Å²) >= 11 is 1.16.